The van der Waals surface area contributed by atoms with Crippen LogP contribution in [0.15, 0.2) is 35.4 Å². The van der Waals surface area contributed by atoms with Crippen LogP contribution in [0.25, 0.3) is 0 Å². The summed E-state index contributed by atoms with van der Waals surface area (Å²) in [6.45, 7) is 3.71. The van der Waals surface area contributed by atoms with Crippen molar-refractivity contribution in [2.75, 3.05) is 7.11 Å². The van der Waals surface area contributed by atoms with E-state index in [0.29, 0.717) is 11.5 Å². The predicted octanol–water partition coefficient (Wildman–Crippen LogP) is 2.42. The number of esters is 1. The van der Waals surface area contributed by atoms with E-state index in [1.54, 1.807) is 37.4 Å². The van der Waals surface area contributed by atoms with Crippen LogP contribution in [-0.2, 0) is 33.1 Å². The molecule has 0 fully saturated rings. The molecule has 1 aromatic heterocycles. The van der Waals surface area contributed by atoms with E-state index >= 15 is 0 Å². The van der Waals surface area contributed by atoms with Crippen LogP contribution < -0.4 is 4.18 Å². The van der Waals surface area contributed by atoms with Crippen molar-refractivity contribution in [3.63, 3.8) is 0 Å². The van der Waals surface area contributed by atoms with Gasteiger partial charge in [-0.1, -0.05) is 32.0 Å². The summed E-state index contributed by atoms with van der Waals surface area (Å²) in [6, 6.07) is 8.30. The number of aromatic nitrogens is 2. The van der Waals surface area contributed by atoms with E-state index in [4.69, 9.17) is 4.18 Å². The maximum atomic E-state index is 12.8. The Kier molecular flexibility index (Phi) is 5.84. The summed E-state index contributed by atoms with van der Waals surface area (Å²) in [7, 11) is -1.15. The van der Waals surface area contributed by atoms with Crippen molar-refractivity contribution in [3.8, 4) is 5.75 Å². The molecule has 0 aliphatic carbocycles. The van der Waals surface area contributed by atoms with Crippen LogP contribution in [0.3, 0.4) is 0 Å². The van der Waals surface area contributed by atoms with Gasteiger partial charge in [-0.05, 0) is 18.1 Å². The summed E-state index contributed by atoms with van der Waals surface area (Å²) in [4.78, 5) is 15.8. The predicted molar refractivity (Wildman–Crippen MR) is 91.9 cm³/mol. The van der Waals surface area contributed by atoms with Crippen molar-refractivity contribution < 1.29 is 22.1 Å². The summed E-state index contributed by atoms with van der Waals surface area (Å²) in [5, 5.41) is 0.00576. The zero-order chi connectivity index (χ0) is 18.6. The number of ether oxygens (including phenoxy) is 1. The fourth-order valence-corrected chi connectivity index (χ4v) is 3.83. The van der Waals surface area contributed by atoms with E-state index < -0.39 is 10.1 Å². The molecule has 0 radical (unpaired) electrons. The van der Waals surface area contributed by atoms with Gasteiger partial charge < -0.3 is 13.5 Å². The van der Waals surface area contributed by atoms with Gasteiger partial charge in [0.05, 0.1) is 19.2 Å². The fraction of sp³-hybridized carbons (Fsp3) is 0.412. The molecule has 0 amide bonds. The second kappa shape index (κ2) is 7.69. The highest BCUT2D eigenvalue weighted by atomic mass is 32.2. The SMILES string of the molecule is COC(=O)CCc1nc(C(C)C)c(S(=O)(=O)Oc2ccccc2)n1C. The first-order valence-corrected chi connectivity index (χ1v) is 9.29. The topological polar surface area (TPSA) is 87.5 Å². The Morgan fingerprint density at radius 2 is 1.88 bits per heavy atom. The molecule has 0 N–H and O–H groups in total. The first kappa shape index (κ1) is 19.0. The Labute approximate surface area is 147 Å². The number of methoxy groups -OCH3 is 1. The summed E-state index contributed by atoms with van der Waals surface area (Å²) >= 11 is 0. The minimum absolute atomic E-state index is 0.00576. The van der Waals surface area contributed by atoms with Gasteiger partial charge >= 0.3 is 16.1 Å². The smallest absolute Gasteiger partial charge is 0.356 e. The molecule has 0 aliphatic rings. The molecule has 0 unspecified atom stereocenters. The third kappa shape index (κ3) is 4.39. The quantitative estimate of drug-likeness (QED) is 0.552. The highest BCUT2D eigenvalue weighted by molar-refractivity contribution is 7.87. The molecule has 0 saturated carbocycles. The number of rotatable bonds is 7. The fourth-order valence-electron chi connectivity index (χ4n) is 2.40. The highest BCUT2D eigenvalue weighted by Gasteiger charge is 2.30. The van der Waals surface area contributed by atoms with Gasteiger partial charge in [-0.2, -0.15) is 8.42 Å². The number of hydrogen-bond acceptors (Lipinski definition) is 6. The van der Waals surface area contributed by atoms with E-state index in [0.717, 1.165) is 0 Å². The molecule has 0 bridgehead atoms. The molecule has 0 aliphatic heterocycles. The lowest BCUT2D eigenvalue weighted by Gasteiger charge is -2.11. The van der Waals surface area contributed by atoms with Crippen LogP contribution in [0.1, 0.15) is 37.7 Å². The lowest BCUT2D eigenvalue weighted by molar-refractivity contribution is -0.140. The monoisotopic (exact) mass is 366 g/mol. The number of nitrogens with zero attached hydrogens (tertiary/aromatic N) is 2. The Morgan fingerprint density at radius 1 is 1.24 bits per heavy atom. The first-order valence-electron chi connectivity index (χ1n) is 7.88. The lowest BCUT2D eigenvalue weighted by atomic mass is 10.1. The molecular formula is C17H22N2O5S. The second-order valence-corrected chi connectivity index (χ2v) is 7.32. The number of para-hydroxylation sites is 1. The first-order chi connectivity index (χ1) is 11.8. The van der Waals surface area contributed by atoms with Crippen LogP contribution in [0.4, 0.5) is 0 Å². The number of aryl methyl sites for hydroxylation is 1. The van der Waals surface area contributed by atoms with Crippen molar-refractivity contribution in [3.05, 3.63) is 41.9 Å². The largest absolute Gasteiger partial charge is 0.469 e. The van der Waals surface area contributed by atoms with Crippen molar-refractivity contribution in [1.29, 1.82) is 0 Å². The molecule has 7 nitrogen and oxygen atoms in total. The minimum Gasteiger partial charge on any atom is -0.469 e. The van der Waals surface area contributed by atoms with E-state index in [1.807, 2.05) is 13.8 Å². The lowest BCUT2D eigenvalue weighted by Crippen LogP contribution is -2.17. The van der Waals surface area contributed by atoms with Crippen molar-refractivity contribution in [2.24, 2.45) is 7.05 Å². The van der Waals surface area contributed by atoms with Crippen molar-refractivity contribution in [2.45, 2.75) is 37.6 Å². The summed E-state index contributed by atoms with van der Waals surface area (Å²) in [5.74, 6) is 0.222. The molecular weight excluding hydrogens is 344 g/mol. The maximum absolute atomic E-state index is 12.8. The van der Waals surface area contributed by atoms with Gasteiger partial charge in [-0.3, -0.25) is 4.79 Å². The Hall–Kier alpha value is -2.35. The van der Waals surface area contributed by atoms with E-state index in [-0.39, 0.29) is 35.5 Å². The normalized spacial score (nSPS) is 11.6. The molecule has 1 aromatic carbocycles. The van der Waals surface area contributed by atoms with Crippen LogP contribution in [-0.4, -0.2) is 31.0 Å². The molecule has 25 heavy (non-hydrogen) atoms. The van der Waals surface area contributed by atoms with Gasteiger partial charge in [0.25, 0.3) is 0 Å². The number of hydrogen-bond donors (Lipinski definition) is 0. The third-order valence-corrected chi connectivity index (χ3v) is 5.04. The summed E-state index contributed by atoms with van der Waals surface area (Å²) < 4.78 is 36.9. The summed E-state index contributed by atoms with van der Waals surface area (Å²) in [5.41, 5.74) is 0.415. The average Bonchev–Trinajstić information content (AvgIpc) is 2.91. The van der Waals surface area contributed by atoms with Crippen LogP contribution in [0.2, 0.25) is 0 Å². The van der Waals surface area contributed by atoms with Crippen molar-refractivity contribution in [1.82, 2.24) is 9.55 Å². The van der Waals surface area contributed by atoms with Crippen molar-refractivity contribution >= 4 is 16.1 Å². The number of imidazole rings is 1. The number of benzene rings is 1. The molecule has 8 heteroatoms. The number of carbonyl (C=O) groups is 1. The molecule has 136 valence electrons. The standard InChI is InChI=1S/C17H22N2O5S/c1-12(2)16-17(19(3)14(18-16)10-11-15(20)23-4)25(21,22)24-13-8-6-5-7-9-13/h5-9,12H,10-11H2,1-4H3. The van der Waals surface area contributed by atoms with E-state index in [2.05, 4.69) is 9.72 Å². The average molecular weight is 366 g/mol. The molecule has 2 aromatic rings. The van der Waals surface area contributed by atoms with Gasteiger partial charge in [0.2, 0.25) is 0 Å². The van der Waals surface area contributed by atoms with Crippen LogP contribution in [0.5, 0.6) is 5.75 Å². The Balaban J connectivity index is 2.41. The maximum Gasteiger partial charge on any atom is 0.356 e. The van der Waals surface area contributed by atoms with Gasteiger partial charge in [-0.25, -0.2) is 4.98 Å². The third-order valence-electron chi connectivity index (χ3n) is 3.67. The zero-order valence-corrected chi connectivity index (χ0v) is 15.5. The zero-order valence-electron chi connectivity index (χ0n) is 14.7. The Morgan fingerprint density at radius 3 is 2.44 bits per heavy atom. The second-order valence-electron chi connectivity index (χ2n) is 5.86. The van der Waals surface area contributed by atoms with Gasteiger partial charge in [-0.15, -0.1) is 0 Å². The van der Waals surface area contributed by atoms with Crippen LogP contribution in [0, 0.1) is 0 Å². The van der Waals surface area contributed by atoms with E-state index in [9.17, 15) is 13.2 Å². The molecule has 1 heterocycles. The molecule has 0 atom stereocenters. The van der Waals surface area contributed by atoms with Gasteiger partial charge in [0, 0.05) is 13.5 Å². The molecule has 0 saturated heterocycles. The molecule has 2 rings (SSSR count). The van der Waals surface area contributed by atoms with Gasteiger partial charge in [0.15, 0.2) is 5.03 Å². The number of carbonyl (C=O) groups excluding carboxylic acids is 1. The molecule has 0 spiro atoms. The highest BCUT2D eigenvalue weighted by Crippen LogP contribution is 2.27. The minimum atomic E-state index is -4.06. The van der Waals surface area contributed by atoms with E-state index in [1.165, 1.54) is 11.7 Å². The van der Waals surface area contributed by atoms with Crippen LogP contribution >= 0.6 is 0 Å². The summed E-state index contributed by atoms with van der Waals surface area (Å²) in [6.07, 6.45) is 0.404. The van der Waals surface area contributed by atoms with Gasteiger partial charge in [0.1, 0.15) is 11.6 Å². The Bertz CT molecular complexity index is 841.